The molecule has 0 heterocycles. The lowest BCUT2D eigenvalue weighted by atomic mass is 9.72. The largest absolute Gasteiger partial charge is 0.508 e. The summed E-state index contributed by atoms with van der Waals surface area (Å²) in [7, 11) is 0. The monoisotopic (exact) mass is 995 g/mol. The van der Waals surface area contributed by atoms with E-state index in [4.69, 9.17) is 29.2 Å². The van der Waals surface area contributed by atoms with Crippen LogP contribution in [0.15, 0.2) is 72.8 Å². The van der Waals surface area contributed by atoms with Crippen molar-refractivity contribution in [3.8, 4) is 34.5 Å². The van der Waals surface area contributed by atoms with Crippen molar-refractivity contribution >= 4 is 23.7 Å². The summed E-state index contributed by atoms with van der Waals surface area (Å²) in [5, 5.41) is 37.2. The van der Waals surface area contributed by atoms with Crippen LogP contribution in [0.1, 0.15) is 201 Å². The third-order valence-corrected chi connectivity index (χ3v) is 15.4. The summed E-state index contributed by atoms with van der Waals surface area (Å²) < 4.78 is 24.2. The van der Waals surface area contributed by atoms with Crippen molar-refractivity contribution in [3.05, 3.63) is 106 Å². The first-order valence-corrected chi connectivity index (χ1v) is 27.6. The highest BCUT2D eigenvalue weighted by molar-refractivity contribution is 7.99. The van der Waals surface area contributed by atoms with Crippen LogP contribution in [0.3, 0.4) is 0 Å². The second kappa shape index (κ2) is 26.8. The van der Waals surface area contributed by atoms with Gasteiger partial charge < -0.3 is 39.4 Å². The van der Waals surface area contributed by atoms with Gasteiger partial charge in [-0.25, -0.2) is 9.59 Å². The molecule has 3 aliphatic carbocycles. The summed E-state index contributed by atoms with van der Waals surface area (Å²) in [5.41, 5.74) is 5.81. The van der Waals surface area contributed by atoms with Crippen LogP contribution in [0, 0.1) is 0 Å². The Morgan fingerprint density at radius 3 is 1.24 bits per heavy atom. The van der Waals surface area contributed by atoms with Crippen molar-refractivity contribution in [2.45, 2.75) is 179 Å². The highest BCUT2D eigenvalue weighted by Gasteiger charge is 2.31. The number of aliphatic hydroxyl groups is 2. The lowest BCUT2D eigenvalue weighted by molar-refractivity contribution is -0.137. The first kappa shape index (κ1) is 55.6. The van der Waals surface area contributed by atoms with E-state index in [0.29, 0.717) is 34.8 Å². The maximum absolute atomic E-state index is 13.4. The van der Waals surface area contributed by atoms with Gasteiger partial charge in [-0.05, 0) is 144 Å². The number of phenols is 2. The van der Waals surface area contributed by atoms with Gasteiger partial charge in [-0.3, -0.25) is 0 Å². The zero-order valence-corrected chi connectivity index (χ0v) is 44.3. The molecule has 0 amide bonds. The molecular weight excluding hydrogens is 913 g/mol. The Bertz CT molecular complexity index is 2160. The number of carbonyl (C=O) groups is 2. The van der Waals surface area contributed by atoms with Gasteiger partial charge in [-0.1, -0.05) is 130 Å². The normalized spacial score (nSPS) is 18.3. The minimum absolute atomic E-state index is 0.206. The fourth-order valence-electron chi connectivity index (χ4n) is 10.8. The van der Waals surface area contributed by atoms with Gasteiger partial charge in [-0.15, -0.1) is 0 Å². The van der Waals surface area contributed by atoms with Crippen LogP contribution in [-0.2, 0) is 20.4 Å². The van der Waals surface area contributed by atoms with Gasteiger partial charge in [-0.2, -0.15) is 11.8 Å². The molecule has 4 aromatic carbocycles. The summed E-state index contributed by atoms with van der Waals surface area (Å²) in [6.45, 7) is 12.1. The molecule has 2 atom stereocenters. The van der Waals surface area contributed by atoms with Gasteiger partial charge in [0, 0.05) is 22.6 Å². The molecule has 3 aliphatic rings. The second-order valence-electron chi connectivity index (χ2n) is 21.9. The van der Waals surface area contributed by atoms with Gasteiger partial charge >= 0.3 is 11.9 Å². The number of phenolic OH excluding ortho intramolecular Hbond substituents is 2. The van der Waals surface area contributed by atoms with E-state index >= 15 is 0 Å². The molecule has 71 heavy (non-hydrogen) atoms. The van der Waals surface area contributed by atoms with E-state index < -0.39 is 11.9 Å². The number of hydrogen-bond donors (Lipinski definition) is 4. The number of aliphatic hydroxyl groups excluding tert-OH is 2. The maximum atomic E-state index is 13.4. The van der Waals surface area contributed by atoms with E-state index in [-0.39, 0.29) is 60.6 Å². The Morgan fingerprint density at radius 2 is 0.873 bits per heavy atom. The van der Waals surface area contributed by atoms with E-state index in [9.17, 15) is 19.8 Å². The van der Waals surface area contributed by atoms with Crippen LogP contribution >= 0.6 is 11.8 Å². The first-order chi connectivity index (χ1) is 34.0. The Kier molecular flexibility index (Phi) is 21.0. The lowest BCUT2D eigenvalue weighted by Gasteiger charge is -2.33. The molecule has 4 aromatic rings. The zero-order chi connectivity index (χ0) is 51.0. The predicted molar refractivity (Wildman–Crippen MR) is 285 cm³/mol. The van der Waals surface area contributed by atoms with Crippen molar-refractivity contribution in [1.82, 2.24) is 0 Å². The van der Waals surface area contributed by atoms with Gasteiger partial charge in [0.05, 0.1) is 13.2 Å². The molecule has 4 N–H and O–H groups in total. The molecule has 0 bridgehead atoms. The average Bonchev–Trinajstić information content (AvgIpc) is 3.34. The molecule has 388 valence electrons. The number of esters is 2. The number of rotatable bonds is 16. The van der Waals surface area contributed by atoms with Crippen LogP contribution in [0.2, 0.25) is 0 Å². The maximum Gasteiger partial charge on any atom is 0.349 e. The topological polar surface area (TPSA) is 152 Å². The molecule has 2 unspecified atom stereocenters. The molecule has 0 spiro atoms. The number of benzene rings is 4. The van der Waals surface area contributed by atoms with Gasteiger partial charge in [0.25, 0.3) is 0 Å². The molecule has 0 saturated heterocycles. The summed E-state index contributed by atoms with van der Waals surface area (Å²) in [6, 6.07) is 23.4. The van der Waals surface area contributed by atoms with E-state index in [1.165, 1.54) is 36.8 Å². The molecule has 3 saturated carbocycles. The molecule has 0 radical (unpaired) electrons. The van der Waals surface area contributed by atoms with Gasteiger partial charge in [0.2, 0.25) is 0 Å². The lowest BCUT2D eigenvalue weighted by Crippen LogP contribution is -2.21. The fraction of sp³-hybridized carbons (Fsp3) is 0.567. The Labute approximate surface area is 428 Å². The third kappa shape index (κ3) is 16.4. The van der Waals surface area contributed by atoms with Crippen molar-refractivity contribution in [2.24, 2.45) is 0 Å². The average molecular weight is 995 g/mol. The second-order valence-corrected chi connectivity index (χ2v) is 23.1. The minimum Gasteiger partial charge on any atom is -0.508 e. The van der Waals surface area contributed by atoms with E-state index in [0.717, 1.165) is 111 Å². The van der Waals surface area contributed by atoms with Crippen LogP contribution in [0.4, 0.5) is 0 Å². The van der Waals surface area contributed by atoms with Crippen LogP contribution < -0.4 is 18.9 Å². The highest BCUT2D eigenvalue weighted by atomic mass is 32.2. The third-order valence-electron chi connectivity index (χ3n) is 14.5. The van der Waals surface area contributed by atoms with Gasteiger partial charge in [0.15, 0.2) is 13.2 Å². The Morgan fingerprint density at radius 1 is 0.507 bits per heavy atom. The summed E-state index contributed by atoms with van der Waals surface area (Å²) >= 11 is 1.55. The zero-order valence-electron chi connectivity index (χ0n) is 43.4. The minimum atomic E-state index is -0.448. The molecule has 10 nitrogen and oxygen atoms in total. The van der Waals surface area contributed by atoms with E-state index in [1.807, 2.05) is 53.7 Å². The molecule has 11 heteroatoms. The molecule has 0 aromatic heterocycles. The number of carbonyl (C=O) groups excluding carboxylic acids is 2. The quantitative estimate of drug-likeness (QED) is 0.0482. The predicted octanol–water partition coefficient (Wildman–Crippen LogP) is 13.7. The van der Waals surface area contributed by atoms with Crippen molar-refractivity contribution in [3.63, 3.8) is 0 Å². The summed E-state index contributed by atoms with van der Waals surface area (Å²) in [6.07, 6.45) is 18.3. The first-order valence-electron chi connectivity index (χ1n) is 26.5. The fourth-order valence-corrected chi connectivity index (χ4v) is 11.2. The van der Waals surface area contributed by atoms with Crippen molar-refractivity contribution in [1.29, 1.82) is 0 Å². The number of hydrogen-bond acceptors (Lipinski definition) is 11. The number of aromatic hydroxyl groups is 2. The van der Waals surface area contributed by atoms with Crippen molar-refractivity contribution < 1.29 is 49.0 Å². The Balaban J connectivity index is 0.00000110. The van der Waals surface area contributed by atoms with Crippen LogP contribution in [-0.4, -0.2) is 70.3 Å². The molecule has 0 aliphatic heterocycles. The van der Waals surface area contributed by atoms with E-state index in [1.54, 1.807) is 48.2 Å². The Hall–Kier alpha value is -4.71. The summed E-state index contributed by atoms with van der Waals surface area (Å²) in [4.78, 5) is 26.9. The van der Waals surface area contributed by atoms with Crippen LogP contribution in [0.25, 0.3) is 0 Å². The van der Waals surface area contributed by atoms with E-state index in [2.05, 4.69) is 24.3 Å². The number of thioether (sulfide) groups is 1. The van der Waals surface area contributed by atoms with Gasteiger partial charge in [0.1, 0.15) is 34.5 Å². The molecule has 3 fully saturated rings. The SMILES string of the molecule is CC(C)(C)c1cc(OCC(=O)Oc2ccc(C3CCCCCCC3c3ccc(OC(=O)COc4ccc(O)c(C(C)(C)C)c4)c(C4CCCCC4)c3)cc2C2CCCCC2)ccc1O.OCCSCCO. The van der Waals surface area contributed by atoms with Crippen LogP contribution in [0.5, 0.6) is 34.5 Å². The molecular formula is C60H82O10S. The number of ether oxygens (including phenoxy) is 4. The smallest absolute Gasteiger partial charge is 0.349 e. The van der Waals surface area contributed by atoms with Crippen molar-refractivity contribution in [2.75, 3.05) is 37.9 Å². The standard InChI is InChI=1S/C56H72O8.C4H10O2S/c1-55(2,3)47-33-41(25-27-49(47)57)61-35-53(59)63-51-29-23-39(31-45(51)37-17-11-9-12-18-37)43-21-15-7-8-16-22-44(43)40-24-30-52(46(32-40)38-19-13-10-14-20-38)64-54(60)36-62-42-26-28-50(58)48(34-42)56(4,5)6;5-1-3-7-4-2-6/h23-34,37-38,43-44,57-58H,7-22,35-36H2,1-6H3;5-6H,1-4H2. The molecule has 7 rings (SSSR count). The highest BCUT2D eigenvalue weighted by Crippen LogP contribution is 2.48. The summed E-state index contributed by atoms with van der Waals surface area (Å²) in [5.74, 6) is 4.49.